The minimum Gasteiger partial charge on any atom is -0.472 e. The lowest BCUT2D eigenvalue weighted by Crippen LogP contribution is -2.45. The molecule has 1 saturated heterocycles. The lowest BCUT2D eigenvalue weighted by molar-refractivity contribution is -0.116. The lowest BCUT2D eigenvalue weighted by atomic mass is 10.2. The zero-order chi connectivity index (χ0) is 23.0. The maximum atomic E-state index is 11.1. The van der Waals surface area contributed by atoms with Crippen LogP contribution in [-0.4, -0.2) is 60.5 Å². The Balaban J connectivity index is 1.55. The maximum Gasteiger partial charge on any atom is 0.236 e. The van der Waals surface area contributed by atoms with Crippen molar-refractivity contribution in [1.29, 1.82) is 0 Å². The van der Waals surface area contributed by atoms with Gasteiger partial charge in [0.2, 0.25) is 17.7 Å². The quantitative estimate of drug-likeness (QED) is 0.499. The molecule has 4 rings (SSSR count). The van der Waals surface area contributed by atoms with Crippen molar-refractivity contribution < 1.29 is 9.53 Å². The molecule has 3 N–H and O–H groups in total. The average molecular weight is 465 g/mol. The predicted octanol–water partition coefficient (Wildman–Crippen LogP) is 2.86. The van der Waals surface area contributed by atoms with Crippen molar-refractivity contribution >= 4 is 29.3 Å². The number of hydrogen-bond donors (Lipinski definition) is 2. The topological polar surface area (TPSA) is 96.6 Å². The molecule has 2 heterocycles. The molecule has 2 aromatic carbocycles. The van der Waals surface area contributed by atoms with Gasteiger partial charge in [0, 0.05) is 36.8 Å². The molecular weight excluding hydrogens is 436 g/mol. The molecule has 0 bridgehead atoms. The summed E-state index contributed by atoms with van der Waals surface area (Å²) in [6, 6.07) is 17.8. The summed E-state index contributed by atoms with van der Waals surface area (Å²) in [7, 11) is 2.12. The normalized spacial score (nSPS) is 14.2. The average Bonchev–Trinajstić information content (AvgIpc) is 2.83. The van der Waals surface area contributed by atoms with Gasteiger partial charge in [0.15, 0.2) is 0 Å². The highest BCUT2D eigenvalue weighted by atomic mass is 32.2. The smallest absolute Gasteiger partial charge is 0.236 e. The van der Waals surface area contributed by atoms with Gasteiger partial charge >= 0.3 is 0 Å². The molecule has 0 unspecified atom stereocenters. The number of rotatable bonds is 9. The summed E-state index contributed by atoms with van der Waals surface area (Å²) >= 11 is 1.52. The highest BCUT2D eigenvalue weighted by Gasteiger charge is 2.19. The molecule has 172 valence electrons. The van der Waals surface area contributed by atoms with Crippen LogP contribution in [-0.2, 0) is 11.4 Å². The van der Waals surface area contributed by atoms with Gasteiger partial charge in [-0.05, 0) is 30.8 Å². The number of carbonyl (C=O) groups excluding carboxylic acids is 1. The predicted molar refractivity (Wildman–Crippen MR) is 131 cm³/mol. The van der Waals surface area contributed by atoms with E-state index in [0.717, 1.165) is 47.2 Å². The summed E-state index contributed by atoms with van der Waals surface area (Å²) in [6.45, 7) is 4.23. The monoisotopic (exact) mass is 464 g/mol. The summed E-state index contributed by atoms with van der Waals surface area (Å²) < 4.78 is 6.17. The Morgan fingerprint density at radius 3 is 2.67 bits per heavy atom. The maximum absolute atomic E-state index is 11.1. The van der Waals surface area contributed by atoms with E-state index in [9.17, 15) is 4.79 Å². The van der Waals surface area contributed by atoms with E-state index in [1.54, 1.807) is 0 Å². The molecule has 1 aliphatic rings. The van der Waals surface area contributed by atoms with Crippen molar-refractivity contribution in [2.75, 3.05) is 50.0 Å². The largest absolute Gasteiger partial charge is 0.472 e. The number of aromatic nitrogens is 2. The number of carbonyl (C=O) groups is 1. The molecule has 1 aliphatic heterocycles. The second-order valence-corrected chi connectivity index (χ2v) is 8.97. The Morgan fingerprint density at radius 1 is 1.12 bits per heavy atom. The van der Waals surface area contributed by atoms with Crippen LogP contribution in [0.1, 0.15) is 5.56 Å². The van der Waals surface area contributed by atoms with Gasteiger partial charge in [0.05, 0.1) is 17.6 Å². The van der Waals surface area contributed by atoms with Gasteiger partial charge in [-0.15, -0.1) is 0 Å². The summed E-state index contributed by atoms with van der Waals surface area (Å²) in [6.07, 6.45) is 1.83. The molecule has 8 nitrogen and oxygen atoms in total. The zero-order valence-electron chi connectivity index (χ0n) is 18.6. The minimum absolute atomic E-state index is 0.0857. The number of amides is 1. The van der Waals surface area contributed by atoms with Gasteiger partial charge < -0.3 is 25.6 Å². The lowest BCUT2D eigenvalue weighted by Gasteiger charge is -2.32. The number of nitrogens with one attached hydrogen (secondary N) is 1. The Kier molecular flexibility index (Phi) is 7.64. The summed E-state index contributed by atoms with van der Waals surface area (Å²) in [5.74, 6) is 0.841. The van der Waals surface area contributed by atoms with Crippen molar-refractivity contribution in [3.63, 3.8) is 0 Å². The number of primary amides is 1. The van der Waals surface area contributed by atoms with Crippen LogP contribution < -0.4 is 20.7 Å². The number of piperazine rings is 1. The SMILES string of the molecule is CN1CCN(c2ncc(Sc3cccc(NCC(N)=O)c3)c(OCc3ccccc3)n2)CC1. The highest BCUT2D eigenvalue weighted by molar-refractivity contribution is 7.99. The molecular formula is C24H28N6O2S. The van der Waals surface area contributed by atoms with Crippen molar-refractivity contribution in [3.8, 4) is 5.88 Å². The number of anilines is 2. The molecule has 9 heteroatoms. The van der Waals surface area contributed by atoms with Gasteiger partial charge in [-0.1, -0.05) is 48.2 Å². The third kappa shape index (κ3) is 6.59. The van der Waals surface area contributed by atoms with Crippen LogP contribution in [0.5, 0.6) is 5.88 Å². The van der Waals surface area contributed by atoms with E-state index in [4.69, 9.17) is 15.5 Å². The van der Waals surface area contributed by atoms with E-state index in [1.165, 1.54) is 11.8 Å². The van der Waals surface area contributed by atoms with E-state index < -0.39 is 5.91 Å². The number of hydrogen-bond acceptors (Lipinski definition) is 8. The first-order valence-corrected chi connectivity index (χ1v) is 11.7. The summed E-state index contributed by atoms with van der Waals surface area (Å²) in [4.78, 5) is 26.8. The van der Waals surface area contributed by atoms with Crippen LogP contribution in [0.15, 0.2) is 70.6 Å². The van der Waals surface area contributed by atoms with Gasteiger partial charge in [-0.2, -0.15) is 4.98 Å². The molecule has 0 radical (unpaired) electrons. The first-order valence-electron chi connectivity index (χ1n) is 10.8. The van der Waals surface area contributed by atoms with Gasteiger partial charge in [-0.3, -0.25) is 4.79 Å². The summed E-state index contributed by atoms with van der Waals surface area (Å²) in [5, 5.41) is 3.03. The molecule has 1 amide bonds. The molecule has 1 aromatic heterocycles. The van der Waals surface area contributed by atoms with Crippen LogP contribution in [0.3, 0.4) is 0 Å². The second kappa shape index (κ2) is 11.0. The van der Waals surface area contributed by atoms with E-state index in [1.807, 2.05) is 60.8 Å². The minimum atomic E-state index is -0.405. The highest BCUT2D eigenvalue weighted by Crippen LogP contribution is 2.35. The molecule has 0 aliphatic carbocycles. The van der Waals surface area contributed by atoms with Gasteiger partial charge in [0.1, 0.15) is 6.61 Å². The number of likely N-dealkylation sites (N-methyl/N-ethyl adjacent to an activating group) is 1. The van der Waals surface area contributed by atoms with Crippen LogP contribution in [0.4, 0.5) is 11.6 Å². The van der Waals surface area contributed by atoms with Crippen LogP contribution in [0, 0.1) is 0 Å². The standard InChI is InChI=1S/C24H28N6O2S/c1-29-10-12-30(13-11-29)24-27-15-21(23(28-24)32-17-18-6-3-2-4-7-18)33-20-9-5-8-19(14-20)26-16-22(25)31/h2-9,14-15,26H,10-13,16-17H2,1H3,(H2,25,31). The Hall–Kier alpha value is -3.30. The fourth-order valence-corrected chi connectivity index (χ4v) is 4.27. The van der Waals surface area contributed by atoms with Gasteiger partial charge in [0.25, 0.3) is 0 Å². The van der Waals surface area contributed by atoms with Crippen molar-refractivity contribution in [3.05, 3.63) is 66.4 Å². The zero-order valence-corrected chi connectivity index (χ0v) is 19.4. The molecule has 3 aromatic rings. The fraction of sp³-hybridized carbons (Fsp3) is 0.292. The molecule has 1 fully saturated rings. The Bertz CT molecular complexity index is 1070. The van der Waals surface area contributed by atoms with Crippen molar-refractivity contribution in [1.82, 2.24) is 14.9 Å². The molecule has 0 saturated carbocycles. The molecule has 0 atom stereocenters. The van der Waals surface area contributed by atoms with E-state index in [0.29, 0.717) is 18.4 Å². The van der Waals surface area contributed by atoms with Gasteiger partial charge in [-0.25, -0.2) is 4.98 Å². The number of ether oxygens (including phenoxy) is 1. The third-order valence-electron chi connectivity index (χ3n) is 5.24. The summed E-state index contributed by atoms with van der Waals surface area (Å²) in [5.41, 5.74) is 7.13. The van der Waals surface area contributed by atoms with E-state index >= 15 is 0 Å². The molecule has 33 heavy (non-hydrogen) atoms. The van der Waals surface area contributed by atoms with Crippen molar-refractivity contribution in [2.24, 2.45) is 5.73 Å². The third-order valence-corrected chi connectivity index (χ3v) is 6.23. The van der Waals surface area contributed by atoms with Crippen LogP contribution >= 0.6 is 11.8 Å². The number of nitrogens with two attached hydrogens (primary N) is 1. The van der Waals surface area contributed by atoms with Crippen LogP contribution in [0.2, 0.25) is 0 Å². The first-order chi connectivity index (χ1) is 16.1. The number of nitrogens with zero attached hydrogens (tertiary/aromatic N) is 4. The van der Waals surface area contributed by atoms with Crippen molar-refractivity contribution in [2.45, 2.75) is 16.4 Å². The second-order valence-electron chi connectivity index (χ2n) is 7.85. The van der Waals surface area contributed by atoms with E-state index in [-0.39, 0.29) is 6.54 Å². The van der Waals surface area contributed by atoms with E-state index in [2.05, 4.69) is 27.1 Å². The fourth-order valence-electron chi connectivity index (χ4n) is 3.39. The first kappa shape index (κ1) is 22.9. The number of benzene rings is 2. The molecule has 0 spiro atoms. The van der Waals surface area contributed by atoms with Crippen LogP contribution in [0.25, 0.3) is 0 Å². The Morgan fingerprint density at radius 2 is 1.91 bits per heavy atom. The Labute approximate surface area is 198 Å².